The number of aromatic amines is 1. The maximum atomic E-state index is 13.5. The van der Waals surface area contributed by atoms with Crippen LogP contribution in [0.2, 0.25) is 5.02 Å². The van der Waals surface area contributed by atoms with E-state index in [2.05, 4.69) is 19.4 Å². The summed E-state index contributed by atoms with van der Waals surface area (Å²) in [7, 11) is 0. The number of carbonyl (C=O) groups excluding carboxylic acids is 1. The molecule has 3 heterocycles. The van der Waals surface area contributed by atoms with Crippen molar-refractivity contribution in [3.63, 3.8) is 0 Å². The van der Waals surface area contributed by atoms with Crippen molar-refractivity contribution in [2.75, 3.05) is 4.90 Å². The molecule has 7 nitrogen and oxygen atoms in total. The van der Waals surface area contributed by atoms with E-state index < -0.39 is 11.9 Å². The summed E-state index contributed by atoms with van der Waals surface area (Å²) >= 11 is 6.20. The van der Waals surface area contributed by atoms with E-state index in [1.807, 2.05) is 0 Å². The molecule has 0 unspecified atom stereocenters. The number of aryl methyl sites for hydroxylation is 1. The number of rotatable bonds is 4. The molecule has 1 fully saturated rings. The van der Waals surface area contributed by atoms with Gasteiger partial charge in [0.1, 0.15) is 10.8 Å². The van der Waals surface area contributed by atoms with Gasteiger partial charge in [0.05, 0.1) is 11.4 Å². The predicted octanol–water partition coefficient (Wildman–Crippen LogP) is 4.79. The predicted molar refractivity (Wildman–Crippen MR) is 113 cm³/mol. The van der Waals surface area contributed by atoms with Crippen LogP contribution in [0.3, 0.4) is 0 Å². The fraction of sp³-hybridized carbons (Fsp3) is 0.227. The zero-order chi connectivity index (χ0) is 22.6. The first kappa shape index (κ1) is 20.4. The first-order valence-corrected chi connectivity index (χ1v) is 10.2. The number of pyridine rings is 2. The summed E-state index contributed by atoms with van der Waals surface area (Å²) in [6.07, 6.45) is -0.839. The smallest absolute Gasteiger partial charge is 0.395 e. The van der Waals surface area contributed by atoms with Gasteiger partial charge in [0.15, 0.2) is 11.5 Å². The summed E-state index contributed by atoms with van der Waals surface area (Å²) in [6.45, 7) is 1.80. The Hall–Kier alpha value is -3.46. The SMILES string of the molecule is Cc1ccc(N(C(=O)C2CC2)c2ccc3c(c2)OC(F)(F)O3)nc1-c1cc[nH]c(=O)c1Cl. The van der Waals surface area contributed by atoms with Crippen LogP contribution in [-0.2, 0) is 4.79 Å². The Labute approximate surface area is 185 Å². The molecular weight excluding hydrogens is 444 g/mol. The third kappa shape index (κ3) is 3.58. The minimum atomic E-state index is -3.77. The number of fused-ring (bicyclic) bond motifs is 1. The molecule has 0 radical (unpaired) electrons. The number of benzene rings is 1. The molecule has 1 aliphatic carbocycles. The van der Waals surface area contributed by atoms with Gasteiger partial charge in [0.25, 0.3) is 5.56 Å². The van der Waals surface area contributed by atoms with Crippen molar-refractivity contribution in [1.82, 2.24) is 9.97 Å². The molecule has 3 aromatic rings. The van der Waals surface area contributed by atoms with Crippen molar-refractivity contribution in [2.45, 2.75) is 26.1 Å². The number of aromatic nitrogens is 2. The molecule has 0 atom stereocenters. The highest BCUT2D eigenvalue weighted by molar-refractivity contribution is 6.33. The van der Waals surface area contributed by atoms with Gasteiger partial charge in [-0.1, -0.05) is 17.7 Å². The Bertz CT molecular complexity index is 1310. The van der Waals surface area contributed by atoms with E-state index in [1.54, 1.807) is 25.1 Å². The summed E-state index contributed by atoms with van der Waals surface area (Å²) in [4.78, 5) is 33.6. The molecule has 2 aliphatic rings. The Morgan fingerprint density at radius 1 is 1.19 bits per heavy atom. The molecule has 0 saturated heterocycles. The minimum absolute atomic E-state index is 0.0226. The molecule has 1 N–H and O–H groups in total. The van der Waals surface area contributed by atoms with Gasteiger partial charge in [-0.25, -0.2) is 4.98 Å². The Morgan fingerprint density at radius 3 is 2.69 bits per heavy atom. The highest BCUT2D eigenvalue weighted by atomic mass is 35.5. The number of carbonyl (C=O) groups is 1. The lowest BCUT2D eigenvalue weighted by Gasteiger charge is -2.23. The van der Waals surface area contributed by atoms with Crippen LogP contribution in [0.4, 0.5) is 20.3 Å². The van der Waals surface area contributed by atoms with E-state index >= 15 is 0 Å². The highest BCUT2D eigenvalue weighted by Gasteiger charge is 2.44. The maximum absolute atomic E-state index is 13.5. The molecule has 164 valence electrons. The number of H-pyrrole nitrogens is 1. The van der Waals surface area contributed by atoms with Crippen molar-refractivity contribution < 1.29 is 23.0 Å². The molecule has 0 spiro atoms. The summed E-state index contributed by atoms with van der Waals surface area (Å²) in [6, 6.07) is 9.16. The number of ether oxygens (including phenoxy) is 2. The number of hydrogen-bond donors (Lipinski definition) is 1. The van der Waals surface area contributed by atoms with E-state index in [9.17, 15) is 18.4 Å². The number of nitrogens with zero attached hydrogens (tertiary/aromatic N) is 2. The summed E-state index contributed by atoms with van der Waals surface area (Å²) in [5.74, 6) is -0.424. The van der Waals surface area contributed by atoms with Crippen molar-refractivity contribution in [3.8, 4) is 22.8 Å². The zero-order valence-corrected chi connectivity index (χ0v) is 17.5. The van der Waals surface area contributed by atoms with Crippen LogP contribution < -0.4 is 19.9 Å². The van der Waals surface area contributed by atoms with E-state index in [0.717, 1.165) is 18.4 Å². The third-order valence-corrected chi connectivity index (χ3v) is 5.63. The Kier molecular flexibility index (Phi) is 4.67. The summed E-state index contributed by atoms with van der Waals surface area (Å²) in [5, 5.41) is -0.0226. The standard InChI is InChI=1S/C22H16ClF2N3O4/c1-11-2-7-17(27-19(11)14-8-9-26-20(29)18(14)23)28(21(30)12-3-4-12)13-5-6-15-16(10-13)32-22(24,25)31-15/h2,5-10,12H,3-4H2,1H3,(H,26,29). The van der Waals surface area contributed by atoms with Gasteiger partial charge < -0.3 is 14.5 Å². The molecule has 32 heavy (non-hydrogen) atoms. The lowest BCUT2D eigenvalue weighted by atomic mass is 10.1. The number of amides is 1. The largest absolute Gasteiger partial charge is 0.586 e. The average molecular weight is 460 g/mol. The van der Waals surface area contributed by atoms with Crippen LogP contribution in [0.25, 0.3) is 11.3 Å². The topological polar surface area (TPSA) is 84.5 Å². The molecule has 1 saturated carbocycles. The molecule has 0 bridgehead atoms. The van der Waals surface area contributed by atoms with E-state index in [0.29, 0.717) is 16.9 Å². The Morgan fingerprint density at radius 2 is 1.94 bits per heavy atom. The zero-order valence-electron chi connectivity index (χ0n) is 16.7. The van der Waals surface area contributed by atoms with Crippen LogP contribution in [-0.4, -0.2) is 22.2 Å². The maximum Gasteiger partial charge on any atom is 0.586 e. The number of halogens is 3. The second-order valence-electron chi connectivity index (χ2n) is 7.62. The van der Waals surface area contributed by atoms with Crippen LogP contribution in [0, 0.1) is 12.8 Å². The molecule has 1 aromatic carbocycles. The molecule has 1 aliphatic heterocycles. The average Bonchev–Trinajstić information content (AvgIpc) is 3.54. The van der Waals surface area contributed by atoms with Gasteiger partial charge in [-0.2, -0.15) is 0 Å². The van der Waals surface area contributed by atoms with Crippen molar-refractivity contribution in [2.24, 2.45) is 5.92 Å². The highest BCUT2D eigenvalue weighted by Crippen LogP contribution is 2.45. The van der Waals surface area contributed by atoms with Crippen molar-refractivity contribution in [1.29, 1.82) is 0 Å². The van der Waals surface area contributed by atoms with Gasteiger partial charge >= 0.3 is 6.29 Å². The molecule has 10 heteroatoms. The Balaban J connectivity index is 1.62. The van der Waals surface area contributed by atoms with E-state index in [1.165, 1.54) is 29.3 Å². The summed E-state index contributed by atoms with van der Waals surface area (Å²) < 4.78 is 35.9. The van der Waals surface area contributed by atoms with Crippen LogP contribution >= 0.6 is 11.6 Å². The van der Waals surface area contributed by atoms with Gasteiger partial charge in [0.2, 0.25) is 5.91 Å². The monoisotopic (exact) mass is 459 g/mol. The van der Waals surface area contributed by atoms with Crippen LogP contribution in [0.5, 0.6) is 11.5 Å². The lowest BCUT2D eigenvalue weighted by molar-refractivity contribution is -0.286. The number of hydrogen-bond acceptors (Lipinski definition) is 5. The normalized spacial score (nSPS) is 16.1. The van der Waals surface area contributed by atoms with Gasteiger partial charge in [-0.3, -0.25) is 14.5 Å². The van der Waals surface area contributed by atoms with Crippen molar-refractivity contribution >= 4 is 29.0 Å². The molecule has 2 aromatic heterocycles. The van der Waals surface area contributed by atoms with Crippen molar-refractivity contribution in [3.05, 3.63) is 63.5 Å². The van der Waals surface area contributed by atoms with Crippen LogP contribution in [0.15, 0.2) is 47.4 Å². The first-order chi connectivity index (χ1) is 15.2. The summed E-state index contributed by atoms with van der Waals surface area (Å²) in [5.41, 5.74) is 1.43. The van der Waals surface area contributed by atoms with E-state index in [-0.39, 0.29) is 34.2 Å². The van der Waals surface area contributed by atoms with Gasteiger partial charge in [-0.15, -0.1) is 8.78 Å². The number of alkyl halides is 2. The fourth-order valence-corrected chi connectivity index (χ4v) is 3.73. The van der Waals surface area contributed by atoms with Crippen LogP contribution in [0.1, 0.15) is 18.4 Å². The fourth-order valence-electron chi connectivity index (χ4n) is 3.52. The second kappa shape index (κ2) is 7.30. The third-order valence-electron chi connectivity index (χ3n) is 5.26. The van der Waals surface area contributed by atoms with Gasteiger partial charge in [-0.05, 0) is 49.6 Å². The quantitative estimate of drug-likeness (QED) is 0.606. The number of anilines is 2. The van der Waals surface area contributed by atoms with E-state index in [4.69, 9.17) is 11.6 Å². The molecule has 5 rings (SSSR count). The lowest BCUT2D eigenvalue weighted by Crippen LogP contribution is -2.28. The van der Waals surface area contributed by atoms with Gasteiger partial charge in [0, 0.05) is 23.7 Å². The molecule has 1 amide bonds. The second-order valence-corrected chi connectivity index (χ2v) is 7.99. The first-order valence-electron chi connectivity index (χ1n) is 9.82. The minimum Gasteiger partial charge on any atom is -0.395 e. The molecular formula is C22H16ClF2N3O4. The number of nitrogens with one attached hydrogen (secondary N) is 1.